The second-order valence-corrected chi connectivity index (χ2v) is 10.2. The van der Waals surface area contributed by atoms with Crippen LogP contribution in [-0.4, -0.2) is 57.0 Å². The smallest absolute Gasteiger partial charge is 0.468 e. The molecule has 10 heteroatoms. The fraction of sp³-hybridized carbons (Fsp3) is 0.643. The molecule has 0 aliphatic heterocycles. The second kappa shape index (κ2) is 15.3. The van der Waals surface area contributed by atoms with Gasteiger partial charge in [-0.3, -0.25) is 14.4 Å². The molecule has 0 saturated heterocycles. The highest BCUT2D eigenvalue weighted by molar-refractivity contribution is 5.81. The summed E-state index contributed by atoms with van der Waals surface area (Å²) >= 11 is 0. The zero-order valence-electron chi connectivity index (χ0n) is 23.9. The third-order valence-corrected chi connectivity index (χ3v) is 6.35. The summed E-state index contributed by atoms with van der Waals surface area (Å²) < 4.78 is 26.0. The van der Waals surface area contributed by atoms with E-state index >= 15 is 0 Å². The highest BCUT2D eigenvalue weighted by Crippen LogP contribution is 2.34. The molecule has 1 aromatic rings. The lowest BCUT2D eigenvalue weighted by atomic mass is 9.90. The maximum absolute atomic E-state index is 12.8. The Hall–Kier alpha value is -3.14. The van der Waals surface area contributed by atoms with Crippen molar-refractivity contribution in [2.45, 2.75) is 80.2 Å². The number of carbonyl (C=O) groups is 4. The number of carbonyl (C=O) groups excluding carboxylic acids is 4. The van der Waals surface area contributed by atoms with Gasteiger partial charge in [0.25, 0.3) is 0 Å². The molecular weight excluding hydrogens is 494 g/mol. The first-order valence-corrected chi connectivity index (χ1v) is 13.0. The van der Waals surface area contributed by atoms with Gasteiger partial charge in [0.1, 0.15) is 12.6 Å². The van der Waals surface area contributed by atoms with Crippen molar-refractivity contribution in [3.05, 3.63) is 23.8 Å². The van der Waals surface area contributed by atoms with E-state index in [1.54, 1.807) is 45.9 Å². The Morgan fingerprint density at radius 3 is 1.92 bits per heavy atom. The molecular formula is C28H43NO9. The molecule has 1 rings (SSSR count). The summed E-state index contributed by atoms with van der Waals surface area (Å²) in [6.45, 7) is 13.1. The Labute approximate surface area is 225 Å². The van der Waals surface area contributed by atoms with Gasteiger partial charge in [-0.15, -0.1) is 0 Å². The lowest BCUT2D eigenvalue weighted by Gasteiger charge is -2.24. The van der Waals surface area contributed by atoms with Crippen molar-refractivity contribution in [3.8, 4) is 11.5 Å². The average Bonchev–Trinajstić information content (AvgIpc) is 2.89. The molecule has 0 spiro atoms. The van der Waals surface area contributed by atoms with E-state index in [2.05, 4.69) is 5.32 Å². The molecule has 214 valence electrons. The number of nitrogens with one attached hydrogen (secondary N) is 1. The fourth-order valence-electron chi connectivity index (χ4n) is 2.82. The van der Waals surface area contributed by atoms with Gasteiger partial charge in [0.05, 0.1) is 24.5 Å². The average molecular weight is 538 g/mol. The van der Waals surface area contributed by atoms with E-state index in [9.17, 15) is 19.2 Å². The molecule has 1 atom stereocenters. The summed E-state index contributed by atoms with van der Waals surface area (Å²) in [4.78, 5) is 49.5. The minimum atomic E-state index is -0.779. The van der Waals surface area contributed by atoms with Gasteiger partial charge in [-0.05, 0) is 71.1 Å². The van der Waals surface area contributed by atoms with Crippen LogP contribution in [-0.2, 0) is 35.0 Å². The van der Waals surface area contributed by atoms with E-state index in [1.165, 1.54) is 7.11 Å². The minimum absolute atomic E-state index is 0.00684. The Morgan fingerprint density at radius 1 is 0.842 bits per heavy atom. The standard InChI is InChI=1S/C28H43NO9/c1-9-15-35-26(33)36-16-14-29-20(23(30)34-8)17-19-12-13-21(37-24(31)27(4,5)10-2)22(18-19)38-25(32)28(6,7)11-3/h12-13,18,20,29H,9-11,14-17H2,1-8H3/t20-/m0/s1. The molecule has 1 aromatic carbocycles. The first kappa shape index (κ1) is 32.9. The van der Waals surface area contributed by atoms with Gasteiger partial charge < -0.3 is 29.0 Å². The molecule has 38 heavy (non-hydrogen) atoms. The summed E-state index contributed by atoms with van der Waals surface area (Å²) in [6, 6.07) is 4.02. The van der Waals surface area contributed by atoms with Crippen LogP contribution in [0.1, 0.15) is 73.3 Å². The van der Waals surface area contributed by atoms with E-state index in [-0.39, 0.29) is 37.7 Å². The van der Waals surface area contributed by atoms with Gasteiger partial charge in [0.15, 0.2) is 11.5 Å². The molecule has 0 aromatic heterocycles. The number of benzene rings is 1. The maximum Gasteiger partial charge on any atom is 0.508 e. The molecule has 0 radical (unpaired) electrons. The SMILES string of the molecule is CCCOC(=O)OCCN[C@@H](Cc1ccc(OC(=O)C(C)(C)CC)c(OC(=O)C(C)(C)CC)c1)C(=O)OC. The normalized spacial score (nSPS) is 12.3. The molecule has 0 aliphatic rings. The quantitative estimate of drug-likeness (QED) is 0.193. The predicted molar refractivity (Wildman–Crippen MR) is 141 cm³/mol. The number of hydrogen-bond acceptors (Lipinski definition) is 10. The van der Waals surface area contributed by atoms with E-state index in [0.717, 1.165) is 0 Å². The number of ether oxygens (including phenoxy) is 5. The zero-order chi connectivity index (χ0) is 28.9. The Balaban J connectivity index is 3.12. The Bertz CT molecular complexity index is 956. The molecule has 0 aliphatic carbocycles. The van der Waals surface area contributed by atoms with Gasteiger partial charge in [-0.25, -0.2) is 4.79 Å². The van der Waals surface area contributed by atoms with Crippen LogP contribution in [0.25, 0.3) is 0 Å². The summed E-state index contributed by atoms with van der Waals surface area (Å²) in [7, 11) is 1.27. The molecule has 10 nitrogen and oxygen atoms in total. The number of methoxy groups -OCH3 is 1. The van der Waals surface area contributed by atoms with Crippen molar-refractivity contribution in [1.82, 2.24) is 5.32 Å². The van der Waals surface area contributed by atoms with E-state index in [1.807, 2.05) is 20.8 Å². The lowest BCUT2D eigenvalue weighted by Crippen LogP contribution is -2.41. The summed E-state index contributed by atoms with van der Waals surface area (Å²) in [5.41, 5.74) is -0.857. The number of hydrogen-bond donors (Lipinski definition) is 1. The minimum Gasteiger partial charge on any atom is -0.468 e. The molecule has 0 heterocycles. The molecule has 1 N–H and O–H groups in total. The van der Waals surface area contributed by atoms with Crippen molar-refractivity contribution < 1.29 is 42.9 Å². The highest BCUT2D eigenvalue weighted by Gasteiger charge is 2.31. The van der Waals surface area contributed by atoms with Crippen LogP contribution in [0.5, 0.6) is 11.5 Å². The fourth-order valence-corrected chi connectivity index (χ4v) is 2.82. The van der Waals surface area contributed by atoms with Crippen LogP contribution < -0.4 is 14.8 Å². The van der Waals surface area contributed by atoms with Crippen molar-refractivity contribution in [3.63, 3.8) is 0 Å². The van der Waals surface area contributed by atoms with Crippen molar-refractivity contribution in [2.75, 3.05) is 26.9 Å². The van der Waals surface area contributed by atoms with Gasteiger partial charge in [0.2, 0.25) is 0 Å². The third-order valence-electron chi connectivity index (χ3n) is 6.35. The summed E-state index contributed by atoms with van der Waals surface area (Å²) in [5.74, 6) is -1.25. The van der Waals surface area contributed by atoms with Crippen LogP contribution >= 0.6 is 0 Å². The number of esters is 3. The van der Waals surface area contributed by atoms with Crippen LogP contribution in [0.4, 0.5) is 4.79 Å². The first-order chi connectivity index (χ1) is 17.8. The summed E-state index contributed by atoms with van der Waals surface area (Å²) in [5, 5.41) is 3.00. The molecule has 0 bridgehead atoms. The third kappa shape index (κ3) is 10.3. The number of rotatable bonds is 15. The largest absolute Gasteiger partial charge is 0.508 e. The Kier molecular flexibility index (Phi) is 13.3. The van der Waals surface area contributed by atoms with Gasteiger partial charge in [-0.1, -0.05) is 26.8 Å². The van der Waals surface area contributed by atoms with E-state index < -0.39 is 40.9 Å². The second-order valence-electron chi connectivity index (χ2n) is 10.2. The van der Waals surface area contributed by atoms with Crippen molar-refractivity contribution in [1.29, 1.82) is 0 Å². The van der Waals surface area contributed by atoms with Crippen LogP contribution in [0.3, 0.4) is 0 Å². The topological polar surface area (TPSA) is 126 Å². The van der Waals surface area contributed by atoms with Gasteiger partial charge in [-0.2, -0.15) is 0 Å². The molecule has 0 saturated carbocycles. The lowest BCUT2D eigenvalue weighted by molar-refractivity contribution is -0.147. The van der Waals surface area contributed by atoms with Gasteiger partial charge >= 0.3 is 24.1 Å². The van der Waals surface area contributed by atoms with E-state index in [0.29, 0.717) is 24.8 Å². The highest BCUT2D eigenvalue weighted by atomic mass is 16.7. The molecule has 0 amide bonds. The van der Waals surface area contributed by atoms with Crippen LogP contribution in [0, 0.1) is 10.8 Å². The van der Waals surface area contributed by atoms with Gasteiger partial charge in [0, 0.05) is 6.54 Å². The summed E-state index contributed by atoms with van der Waals surface area (Å²) in [6.07, 6.45) is 1.18. The molecule has 0 unspecified atom stereocenters. The zero-order valence-corrected chi connectivity index (χ0v) is 23.9. The van der Waals surface area contributed by atoms with Crippen LogP contribution in [0.15, 0.2) is 18.2 Å². The predicted octanol–water partition coefficient (Wildman–Crippen LogP) is 4.61. The first-order valence-electron chi connectivity index (χ1n) is 13.0. The monoisotopic (exact) mass is 537 g/mol. The molecule has 0 fully saturated rings. The maximum atomic E-state index is 12.8. The van der Waals surface area contributed by atoms with E-state index in [4.69, 9.17) is 23.7 Å². The van der Waals surface area contributed by atoms with Crippen molar-refractivity contribution >= 4 is 24.1 Å². The van der Waals surface area contributed by atoms with Crippen molar-refractivity contribution in [2.24, 2.45) is 10.8 Å². The Morgan fingerprint density at radius 2 is 1.39 bits per heavy atom. The van der Waals surface area contributed by atoms with Crippen LogP contribution in [0.2, 0.25) is 0 Å².